The summed E-state index contributed by atoms with van der Waals surface area (Å²) in [6.07, 6.45) is 1.34. The molecule has 1 aromatic carbocycles. The fraction of sp³-hybridized carbons (Fsp3) is 0.550. The molecule has 0 heterocycles. The van der Waals surface area contributed by atoms with Crippen LogP contribution in [0.2, 0.25) is 0 Å². The number of rotatable bonds is 11. The van der Waals surface area contributed by atoms with Crippen molar-refractivity contribution in [3.63, 3.8) is 0 Å². The molecule has 1 rings (SSSR count). The van der Waals surface area contributed by atoms with Crippen LogP contribution in [0.5, 0.6) is 0 Å². The summed E-state index contributed by atoms with van der Waals surface area (Å²) in [5.74, 6) is -1.05. The van der Waals surface area contributed by atoms with E-state index < -0.39 is 24.6 Å². The third-order valence-electron chi connectivity index (χ3n) is 4.25. The molecule has 0 radical (unpaired) electrons. The lowest BCUT2D eigenvalue weighted by molar-refractivity contribution is -0.152. The Labute approximate surface area is 157 Å². The normalized spacial score (nSPS) is 15.3. The molecule has 0 bridgehead atoms. The number of benzene rings is 1. The van der Waals surface area contributed by atoms with E-state index in [4.69, 9.17) is 13.8 Å². The van der Waals surface area contributed by atoms with Gasteiger partial charge in [-0.25, -0.2) is 0 Å². The summed E-state index contributed by atoms with van der Waals surface area (Å²) in [6.45, 7) is 12.9. The number of hydrogen-bond acceptors (Lipinski definition) is 5. The SMILES string of the molecule is C=CC[C@@](C(=O)OC(C)C)([C@H](C)c1ccccc1)P(=O)(OCC)OCC. The molecule has 5 nitrogen and oxygen atoms in total. The molecule has 0 aromatic heterocycles. The van der Waals surface area contributed by atoms with Crippen molar-refractivity contribution in [1.29, 1.82) is 0 Å². The molecule has 26 heavy (non-hydrogen) atoms. The van der Waals surface area contributed by atoms with E-state index in [1.165, 1.54) is 0 Å². The molecule has 0 amide bonds. The second-order valence-electron chi connectivity index (χ2n) is 6.34. The Bertz CT molecular complexity index is 618. The van der Waals surface area contributed by atoms with Crippen LogP contribution in [0.4, 0.5) is 0 Å². The highest BCUT2D eigenvalue weighted by Crippen LogP contribution is 2.67. The summed E-state index contributed by atoms with van der Waals surface area (Å²) in [7, 11) is -3.86. The summed E-state index contributed by atoms with van der Waals surface area (Å²) in [5, 5.41) is -1.51. The van der Waals surface area contributed by atoms with Gasteiger partial charge in [0.15, 0.2) is 5.16 Å². The zero-order chi connectivity index (χ0) is 19.8. The van der Waals surface area contributed by atoms with Crippen LogP contribution >= 0.6 is 7.60 Å². The molecule has 0 saturated heterocycles. The summed E-state index contributed by atoms with van der Waals surface area (Å²) in [5.41, 5.74) is 0.856. The van der Waals surface area contributed by atoms with E-state index in [-0.39, 0.29) is 25.7 Å². The Morgan fingerprint density at radius 1 is 1.15 bits per heavy atom. The molecule has 0 saturated carbocycles. The van der Waals surface area contributed by atoms with E-state index in [1.807, 2.05) is 37.3 Å². The molecule has 2 atom stereocenters. The average molecular weight is 382 g/mol. The molecular weight excluding hydrogens is 351 g/mol. The van der Waals surface area contributed by atoms with E-state index >= 15 is 0 Å². The highest BCUT2D eigenvalue weighted by molar-refractivity contribution is 7.57. The van der Waals surface area contributed by atoms with Gasteiger partial charge in [0.25, 0.3) is 0 Å². The minimum Gasteiger partial charge on any atom is -0.462 e. The van der Waals surface area contributed by atoms with E-state index in [0.717, 1.165) is 5.56 Å². The number of esters is 1. The van der Waals surface area contributed by atoms with Gasteiger partial charge in [-0.05, 0) is 39.7 Å². The number of carbonyl (C=O) groups is 1. The summed E-state index contributed by atoms with van der Waals surface area (Å²) in [4.78, 5) is 13.3. The van der Waals surface area contributed by atoms with Crippen LogP contribution in [0.15, 0.2) is 43.0 Å². The van der Waals surface area contributed by atoms with Gasteiger partial charge in [0.2, 0.25) is 0 Å². The van der Waals surface area contributed by atoms with Crippen LogP contribution < -0.4 is 0 Å². The molecule has 0 aliphatic carbocycles. The molecule has 0 aliphatic rings. The minimum atomic E-state index is -3.86. The predicted molar refractivity (Wildman–Crippen MR) is 104 cm³/mol. The van der Waals surface area contributed by atoms with Crippen LogP contribution in [0.1, 0.15) is 52.5 Å². The zero-order valence-corrected chi connectivity index (χ0v) is 17.3. The lowest BCUT2D eigenvalue weighted by Gasteiger charge is -2.41. The van der Waals surface area contributed by atoms with Gasteiger partial charge in [0.05, 0.1) is 19.3 Å². The number of carbonyl (C=O) groups excluding carboxylic acids is 1. The maximum atomic E-state index is 13.9. The van der Waals surface area contributed by atoms with Crippen LogP contribution in [0, 0.1) is 0 Å². The average Bonchev–Trinajstić information content (AvgIpc) is 2.59. The Kier molecular flexibility index (Phi) is 8.75. The first-order chi connectivity index (χ1) is 12.3. The molecule has 0 aliphatic heterocycles. The van der Waals surface area contributed by atoms with Gasteiger partial charge in [0.1, 0.15) is 0 Å². The van der Waals surface area contributed by atoms with E-state index in [1.54, 1.807) is 33.8 Å². The molecule has 0 spiro atoms. The van der Waals surface area contributed by atoms with Crippen molar-refractivity contribution in [2.24, 2.45) is 0 Å². The lowest BCUT2D eigenvalue weighted by Crippen LogP contribution is -2.46. The van der Waals surface area contributed by atoms with Gasteiger partial charge in [-0.3, -0.25) is 9.36 Å². The number of ether oxygens (including phenoxy) is 1. The quantitative estimate of drug-likeness (QED) is 0.294. The number of allylic oxidation sites excluding steroid dienone is 1. The van der Waals surface area contributed by atoms with Gasteiger partial charge >= 0.3 is 13.6 Å². The Morgan fingerprint density at radius 3 is 2.12 bits per heavy atom. The van der Waals surface area contributed by atoms with Crippen LogP contribution in [-0.2, 0) is 23.1 Å². The molecule has 1 aromatic rings. The third-order valence-corrected chi connectivity index (χ3v) is 7.18. The second kappa shape index (κ2) is 10.1. The maximum Gasteiger partial charge on any atom is 0.348 e. The van der Waals surface area contributed by atoms with E-state index in [2.05, 4.69) is 6.58 Å². The zero-order valence-electron chi connectivity index (χ0n) is 16.4. The monoisotopic (exact) mass is 382 g/mol. The first-order valence-electron chi connectivity index (χ1n) is 9.05. The predicted octanol–water partition coefficient (Wildman–Crippen LogP) is 5.32. The van der Waals surface area contributed by atoms with Gasteiger partial charge in [-0.2, -0.15) is 0 Å². The van der Waals surface area contributed by atoms with E-state index in [0.29, 0.717) is 0 Å². The first kappa shape index (κ1) is 22.6. The van der Waals surface area contributed by atoms with E-state index in [9.17, 15) is 9.36 Å². The lowest BCUT2D eigenvalue weighted by atomic mass is 9.84. The second-order valence-corrected chi connectivity index (χ2v) is 8.65. The van der Waals surface area contributed by atoms with Crippen LogP contribution in [-0.4, -0.2) is 30.4 Å². The Balaban J connectivity index is 3.66. The standard InChI is InChI=1S/C20H31O5P/c1-7-15-20(19(21)25-16(4)5,26(22,23-8-2)24-9-3)17(6)18-13-11-10-12-14-18/h7,10-14,16-17H,1,8-9,15H2,2-6H3/t17-,20+/m1/s1. The highest BCUT2D eigenvalue weighted by Gasteiger charge is 2.61. The van der Waals surface area contributed by atoms with Crippen LogP contribution in [0.25, 0.3) is 0 Å². The summed E-state index contributed by atoms with van der Waals surface area (Å²) in [6, 6.07) is 9.44. The fourth-order valence-electron chi connectivity index (χ4n) is 3.06. The molecule has 146 valence electrons. The molecule has 0 unspecified atom stereocenters. The van der Waals surface area contributed by atoms with Crippen molar-refractivity contribution in [2.45, 2.75) is 58.2 Å². The Hall–Kier alpha value is -1.42. The van der Waals surface area contributed by atoms with Crippen molar-refractivity contribution in [1.82, 2.24) is 0 Å². The molecular formula is C20H31O5P. The van der Waals surface area contributed by atoms with Crippen molar-refractivity contribution < 1.29 is 23.1 Å². The molecule has 0 N–H and O–H groups in total. The molecule has 0 fully saturated rings. The van der Waals surface area contributed by atoms with Crippen molar-refractivity contribution >= 4 is 13.6 Å². The maximum absolute atomic E-state index is 13.9. The first-order valence-corrected chi connectivity index (χ1v) is 10.6. The van der Waals surface area contributed by atoms with Crippen molar-refractivity contribution in [2.75, 3.05) is 13.2 Å². The topological polar surface area (TPSA) is 61.8 Å². The van der Waals surface area contributed by atoms with Crippen LogP contribution in [0.3, 0.4) is 0 Å². The fourth-order valence-corrected chi connectivity index (χ4v) is 5.53. The van der Waals surface area contributed by atoms with Gasteiger partial charge in [-0.1, -0.05) is 43.3 Å². The van der Waals surface area contributed by atoms with Gasteiger partial charge in [0, 0.05) is 5.92 Å². The summed E-state index contributed by atoms with van der Waals surface area (Å²) >= 11 is 0. The largest absolute Gasteiger partial charge is 0.462 e. The minimum absolute atomic E-state index is 0.117. The third kappa shape index (κ3) is 4.64. The van der Waals surface area contributed by atoms with Crippen molar-refractivity contribution in [3.8, 4) is 0 Å². The van der Waals surface area contributed by atoms with Crippen molar-refractivity contribution in [3.05, 3.63) is 48.6 Å². The highest BCUT2D eigenvalue weighted by atomic mass is 31.2. The summed E-state index contributed by atoms with van der Waals surface area (Å²) < 4.78 is 30.6. The Morgan fingerprint density at radius 2 is 1.69 bits per heavy atom. The van der Waals surface area contributed by atoms with Gasteiger partial charge < -0.3 is 13.8 Å². The smallest absolute Gasteiger partial charge is 0.348 e. The van der Waals surface area contributed by atoms with Gasteiger partial charge in [-0.15, -0.1) is 6.58 Å². The molecule has 6 heteroatoms. The number of hydrogen-bond donors (Lipinski definition) is 0.